The number of aliphatic hydroxyl groups is 1. The van der Waals surface area contributed by atoms with Crippen molar-refractivity contribution < 1.29 is 30.3 Å². The molecule has 2 aromatic carbocycles. The van der Waals surface area contributed by atoms with Gasteiger partial charge in [-0.2, -0.15) is 16.8 Å². The van der Waals surface area contributed by atoms with Gasteiger partial charge in [0.25, 0.3) is 20.2 Å². The van der Waals surface area contributed by atoms with E-state index in [0.717, 1.165) is 11.1 Å². The lowest BCUT2D eigenvalue weighted by Gasteiger charge is -2.05. The predicted molar refractivity (Wildman–Crippen MR) is 118 cm³/mol. The van der Waals surface area contributed by atoms with Crippen molar-refractivity contribution >= 4 is 20.2 Å². The van der Waals surface area contributed by atoms with Crippen LogP contribution in [0.25, 0.3) is 0 Å². The number of hydrogen-bond acceptors (Lipinski definition) is 7. The lowest BCUT2D eigenvalue weighted by molar-refractivity contribution is 0.225. The third kappa shape index (κ3) is 8.39. The van der Waals surface area contributed by atoms with Crippen molar-refractivity contribution in [1.29, 1.82) is 0 Å². The molecule has 0 aliphatic carbocycles. The number of benzene rings is 2. The molecule has 2 aromatic rings. The van der Waals surface area contributed by atoms with Crippen molar-refractivity contribution in [2.75, 3.05) is 13.2 Å². The monoisotopic (exact) mass is 466 g/mol. The molecule has 7 nitrogen and oxygen atoms in total. The molecule has 9 heteroatoms. The molecule has 168 valence electrons. The summed E-state index contributed by atoms with van der Waals surface area (Å²) in [5.41, 5.74) is 1.88. The van der Waals surface area contributed by atoms with Gasteiger partial charge in [0.05, 0.1) is 29.1 Å². The van der Waals surface area contributed by atoms with Crippen LogP contribution in [0.1, 0.15) is 17.5 Å². The third-order valence-corrected chi connectivity index (χ3v) is 6.75. The molecule has 0 bridgehead atoms. The van der Waals surface area contributed by atoms with Crippen LogP contribution in [0, 0.1) is 13.8 Å². The lowest BCUT2D eigenvalue weighted by atomic mass is 10.2. The normalized spacial score (nSPS) is 13.8. The maximum atomic E-state index is 12.0. The van der Waals surface area contributed by atoms with Gasteiger partial charge in [-0.05, 0) is 44.5 Å². The minimum atomic E-state index is -3.86. The summed E-state index contributed by atoms with van der Waals surface area (Å²) in [6.07, 6.45) is 5.19. The highest BCUT2D eigenvalue weighted by molar-refractivity contribution is 7.87. The molecule has 0 amide bonds. The second kappa shape index (κ2) is 11.4. The van der Waals surface area contributed by atoms with Gasteiger partial charge in [0.2, 0.25) is 0 Å². The fourth-order valence-electron chi connectivity index (χ4n) is 2.40. The summed E-state index contributed by atoms with van der Waals surface area (Å²) < 4.78 is 58.0. The van der Waals surface area contributed by atoms with E-state index >= 15 is 0 Å². The third-order valence-electron chi connectivity index (χ3n) is 4.16. The van der Waals surface area contributed by atoms with E-state index in [9.17, 15) is 21.9 Å². The maximum absolute atomic E-state index is 12.0. The van der Waals surface area contributed by atoms with E-state index in [1.165, 1.54) is 42.5 Å². The zero-order valence-corrected chi connectivity index (χ0v) is 19.0. The SMILES string of the molecule is Cc1ccc(S(=O)(=O)OC/C=C/CC(O)/C=C/COS(=O)(=O)c2ccc(C)cc2)cc1. The first-order chi connectivity index (χ1) is 14.6. The van der Waals surface area contributed by atoms with Gasteiger partial charge in [-0.25, -0.2) is 0 Å². The van der Waals surface area contributed by atoms with Gasteiger partial charge in [-0.15, -0.1) is 0 Å². The Bertz CT molecular complexity index is 1100. The first kappa shape index (κ1) is 25.0. The van der Waals surface area contributed by atoms with Crippen LogP contribution in [0.5, 0.6) is 0 Å². The van der Waals surface area contributed by atoms with Crippen molar-refractivity contribution in [3.8, 4) is 0 Å². The van der Waals surface area contributed by atoms with Crippen LogP contribution in [0.15, 0.2) is 82.6 Å². The van der Waals surface area contributed by atoms with Gasteiger partial charge in [0.1, 0.15) is 0 Å². The summed E-state index contributed by atoms with van der Waals surface area (Å²) in [5.74, 6) is 0. The second-order valence-corrected chi connectivity index (χ2v) is 10.0. The smallest absolute Gasteiger partial charge is 0.297 e. The van der Waals surface area contributed by atoms with Crippen LogP contribution in [0.3, 0.4) is 0 Å². The average Bonchev–Trinajstić information content (AvgIpc) is 2.71. The lowest BCUT2D eigenvalue weighted by Crippen LogP contribution is -2.07. The standard InChI is InChI=1S/C22H26O7S2/c1-18-8-12-21(13-9-18)30(24,25)28-16-4-3-6-20(23)7-5-17-29-31(26,27)22-14-10-19(2)11-15-22/h3-5,7-15,20,23H,6,16-17H2,1-2H3/b4-3+,7-5+. The summed E-state index contributed by atoms with van der Waals surface area (Å²) in [6, 6.07) is 12.6. The summed E-state index contributed by atoms with van der Waals surface area (Å²) in [4.78, 5) is 0.144. The van der Waals surface area contributed by atoms with Crippen LogP contribution in [0.4, 0.5) is 0 Å². The van der Waals surface area contributed by atoms with Crippen LogP contribution < -0.4 is 0 Å². The van der Waals surface area contributed by atoms with Gasteiger partial charge in [-0.3, -0.25) is 8.37 Å². The Morgan fingerprint density at radius 3 is 1.61 bits per heavy atom. The van der Waals surface area contributed by atoms with E-state index in [1.807, 2.05) is 13.8 Å². The van der Waals surface area contributed by atoms with Crippen molar-refractivity contribution in [1.82, 2.24) is 0 Å². The van der Waals surface area contributed by atoms with Gasteiger partial charge in [-0.1, -0.05) is 59.7 Å². The molecule has 0 saturated heterocycles. The highest BCUT2D eigenvalue weighted by Crippen LogP contribution is 2.14. The Balaban J connectivity index is 1.72. The molecular weight excluding hydrogens is 440 g/mol. The number of hydrogen-bond donors (Lipinski definition) is 1. The molecule has 0 aliphatic heterocycles. The Hall–Kier alpha value is -2.30. The molecule has 1 atom stereocenters. The summed E-state index contributed by atoms with van der Waals surface area (Å²) >= 11 is 0. The van der Waals surface area contributed by atoms with E-state index in [0.29, 0.717) is 0 Å². The maximum Gasteiger partial charge on any atom is 0.297 e. The van der Waals surface area contributed by atoms with E-state index in [1.54, 1.807) is 30.3 Å². The number of aliphatic hydroxyl groups excluding tert-OH is 1. The van der Waals surface area contributed by atoms with Gasteiger partial charge in [0.15, 0.2) is 0 Å². The summed E-state index contributed by atoms with van der Waals surface area (Å²) in [5, 5.41) is 9.89. The molecular formula is C22H26O7S2. The first-order valence-corrected chi connectivity index (χ1v) is 12.3. The van der Waals surface area contributed by atoms with Crippen LogP contribution in [-0.4, -0.2) is 41.3 Å². The molecule has 0 fully saturated rings. The largest absolute Gasteiger partial charge is 0.389 e. The van der Waals surface area contributed by atoms with Gasteiger partial charge < -0.3 is 5.11 Å². The van der Waals surface area contributed by atoms with Gasteiger partial charge in [0, 0.05) is 0 Å². The van der Waals surface area contributed by atoms with Crippen LogP contribution >= 0.6 is 0 Å². The number of aryl methyl sites for hydroxylation is 2. The number of rotatable bonds is 11. The van der Waals surface area contributed by atoms with Crippen molar-refractivity contribution in [2.24, 2.45) is 0 Å². The molecule has 0 spiro atoms. The Morgan fingerprint density at radius 2 is 1.16 bits per heavy atom. The zero-order chi connectivity index (χ0) is 22.9. The topological polar surface area (TPSA) is 107 Å². The quantitative estimate of drug-likeness (QED) is 0.400. The Labute approximate surface area is 183 Å². The summed E-state index contributed by atoms with van der Waals surface area (Å²) in [7, 11) is -7.69. The van der Waals surface area contributed by atoms with E-state index < -0.39 is 26.3 Å². The molecule has 0 heterocycles. The van der Waals surface area contributed by atoms with E-state index in [-0.39, 0.29) is 29.4 Å². The summed E-state index contributed by atoms with van der Waals surface area (Å²) in [6.45, 7) is 3.33. The fraction of sp³-hybridized carbons (Fsp3) is 0.273. The second-order valence-electron chi connectivity index (χ2n) is 6.81. The van der Waals surface area contributed by atoms with Crippen molar-refractivity contribution in [2.45, 2.75) is 36.2 Å². The molecule has 0 radical (unpaired) electrons. The Morgan fingerprint density at radius 1 is 0.742 bits per heavy atom. The fourth-order valence-corrected chi connectivity index (χ4v) is 4.13. The predicted octanol–water partition coefficient (Wildman–Crippen LogP) is 3.28. The van der Waals surface area contributed by atoms with Crippen LogP contribution in [-0.2, 0) is 28.6 Å². The molecule has 1 N–H and O–H groups in total. The minimum absolute atomic E-state index is 0.0653. The average molecular weight is 467 g/mol. The Kier molecular flexibility index (Phi) is 9.15. The molecule has 31 heavy (non-hydrogen) atoms. The molecule has 0 aromatic heterocycles. The van der Waals surface area contributed by atoms with Gasteiger partial charge >= 0.3 is 0 Å². The van der Waals surface area contributed by atoms with Crippen molar-refractivity contribution in [3.05, 3.63) is 84.0 Å². The zero-order valence-electron chi connectivity index (χ0n) is 17.3. The van der Waals surface area contributed by atoms with Crippen LogP contribution in [0.2, 0.25) is 0 Å². The molecule has 2 rings (SSSR count). The van der Waals surface area contributed by atoms with E-state index in [2.05, 4.69) is 0 Å². The van der Waals surface area contributed by atoms with E-state index in [4.69, 9.17) is 8.37 Å². The molecule has 0 aliphatic rings. The minimum Gasteiger partial charge on any atom is -0.389 e. The first-order valence-electron chi connectivity index (χ1n) is 9.52. The highest BCUT2D eigenvalue weighted by atomic mass is 32.2. The van der Waals surface area contributed by atoms with Crippen molar-refractivity contribution in [3.63, 3.8) is 0 Å². The molecule has 0 saturated carbocycles. The molecule has 1 unspecified atom stereocenters. The highest BCUT2D eigenvalue weighted by Gasteiger charge is 2.14.